The number of aromatic amines is 1. The molecule has 2 N–H and O–H groups in total. The highest BCUT2D eigenvalue weighted by Crippen LogP contribution is 2.50. The fraction of sp³-hybridized carbons (Fsp3) is 0.457. The van der Waals surface area contributed by atoms with Gasteiger partial charge < -0.3 is 43.2 Å². The van der Waals surface area contributed by atoms with Gasteiger partial charge in [-0.1, -0.05) is 44.2 Å². The second-order valence-electron chi connectivity index (χ2n) is 14.5. The monoisotopic (exact) mass is 814 g/mol. The third-order valence-corrected chi connectivity index (χ3v) is 11.5. The smallest absolute Gasteiger partial charge is 0.497 e. The Morgan fingerprint density at radius 2 is 1.66 bits per heavy atom. The van der Waals surface area contributed by atoms with Gasteiger partial charge in [0.05, 0.1) is 46.0 Å². The van der Waals surface area contributed by atoms with Crippen molar-refractivity contribution in [2.45, 2.75) is 72.1 Å². The molecule has 1 aromatic heterocycles. The molecule has 2 fully saturated rings. The molecule has 1 aliphatic carbocycles. The third-order valence-electron chi connectivity index (χ3n) is 11.5. The highest BCUT2D eigenvalue weighted by molar-refractivity contribution is 5.92. The molecule has 3 aromatic carbocycles. The van der Waals surface area contributed by atoms with Gasteiger partial charge in [0.2, 0.25) is 5.75 Å². The molecule has 318 valence electrons. The molecule has 3 unspecified atom stereocenters. The van der Waals surface area contributed by atoms with Gasteiger partial charge in [0, 0.05) is 42.9 Å². The molecule has 1 saturated heterocycles. The van der Waals surface area contributed by atoms with Crippen molar-refractivity contribution in [3.63, 3.8) is 0 Å². The first kappa shape index (κ1) is 44.6. The SMILES string of the molecule is C/C=C\c1c(C)cccc1COC(=O)Oc1c(OC)cc(C(=O)OC2CC(C(=O)OC)[C@H]3CC4c5[nH]c6cc(OC)ccc6c5CCN4C[C@H]3C2)cc1OC.CC.CO. The van der Waals surface area contributed by atoms with Crippen molar-refractivity contribution >= 4 is 35.1 Å². The minimum atomic E-state index is -0.963. The van der Waals surface area contributed by atoms with Gasteiger partial charge in [0.1, 0.15) is 18.5 Å². The van der Waals surface area contributed by atoms with Gasteiger partial charge in [-0.25, -0.2) is 9.59 Å². The van der Waals surface area contributed by atoms with Gasteiger partial charge in [-0.2, -0.15) is 0 Å². The number of aliphatic hydroxyl groups excluding tert-OH is 1. The van der Waals surface area contributed by atoms with Crippen LogP contribution in [0.5, 0.6) is 23.0 Å². The van der Waals surface area contributed by atoms with Crippen molar-refractivity contribution in [1.29, 1.82) is 0 Å². The molecule has 0 spiro atoms. The Kier molecular flexibility index (Phi) is 15.4. The number of hydrogen-bond donors (Lipinski definition) is 2. The van der Waals surface area contributed by atoms with Crippen LogP contribution in [0.4, 0.5) is 4.79 Å². The summed E-state index contributed by atoms with van der Waals surface area (Å²) in [5.41, 5.74) is 6.57. The molecule has 3 aliphatic rings. The number of esters is 2. The summed E-state index contributed by atoms with van der Waals surface area (Å²) in [5, 5.41) is 8.21. The van der Waals surface area contributed by atoms with E-state index in [1.165, 1.54) is 50.1 Å². The lowest BCUT2D eigenvalue weighted by Gasteiger charge is -2.51. The number of ether oxygens (including phenoxy) is 7. The number of carbonyl (C=O) groups excluding carboxylic acids is 3. The van der Waals surface area contributed by atoms with Gasteiger partial charge in [-0.05, 0) is 97.9 Å². The lowest BCUT2D eigenvalue weighted by atomic mass is 9.65. The maximum atomic E-state index is 13.7. The van der Waals surface area contributed by atoms with Crippen LogP contribution in [0.2, 0.25) is 0 Å². The number of H-pyrrole nitrogens is 1. The Balaban J connectivity index is 0.00000160. The number of aryl methyl sites for hydroxylation is 1. The molecule has 1 saturated carbocycles. The first-order valence-electron chi connectivity index (χ1n) is 20.1. The maximum absolute atomic E-state index is 13.7. The first-order chi connectivity index (χ1) is 28.7. The van der Waals surface area contributed by atoms with Crippen LogP contribution in [0.3, 0.4) is 0 Å². The van der Waals surface area contributed by atoms with Gasteiger partial charge >= 0.3 is 18.1 Å². The summed E-state index contributed by atoms with van der Waals surface area (Å²) in [6.45, 7) is 9.57. The topological polar surface area (TPSA) is 155 Å². The van der Waals surface area contributed by atoms with Crippen molar-refractivity contribution in [3.05, 3.63) is 88.1 Å². The number of piperidine rings is 1. The fourth-order valence-electron chi connectivity index (χ4n) is 8.89. The molecule has 4 aromatic rings. The summed E-state index contributed by atoms with van der Waals surface area (Å²) >= 11 is 0. The number of aromatic nitrogens is 1. The Morgan fingerprint density at radius 1 is 0.932 bits per heavy atom. The molecule has 7 rings (SSSR count). The van der Waals surface area contributed by atoms with E-state index in [0.717, 1.165) is 61.0 Å². The van der Waals surface area contributed by atoms with Crippen LogP contribution in [0.25, 0.3) is 17.0 Å². The lowest BCUT2D eigenvalue weighted by Crippen LogP contribution is -2.52. The number of nitrogens with one attached hydrogen (secondary N) is 1. The van der Waals surface area contributed by atoms with Crippen molar-refractivity contribution in [3.8, 4) is 23.0 Å². The molecular weight excluding hydrogens is 757 g/mol. The summed E-state index contributed by atoms with van der Waals surface area (Å²) in [6.07, 6.45) is 5.07. The van der Waals surface area contributed by atoms with E-state index < -0.39 is 24.1 Å². The standard InChI is InChI=1S/C43H48N2O10.C2H6.CH4O/c1-7-9-30-24(2)10-8-11-25(30)23-53-43(48)55-40-37(50-4)17-26(18-38(40)51-5)41(46)54-29-16-27-22-45-15-14-32-31-13-12-28(49-3)20-35(31)44-39(32)36(45)21-33(27)34(19-29)42(47)52-6;2*1-2/h7-13,17-18,20,27,29,33-34,36,44H,14-16,19,21-23H2,1-6H3;1-2H3;2H,1H3/b9-7-;;/t27-,29?,33+,34?,36?;;/m1../s1. The van der Waals surface area contributed by atoms with Crippen LogP contribution in [-0.2, 0) is 32.0 Å². The van der Waals surface area contributed by atoms with Crippen LogP contribution >= 0.6 is 0 Å². The number of hydrogen-bond acceptors (Lipinski definition) is 12. The Labute approximate surface area is 346 Å². The Bertz CT molecular complexity index is 2100. The minimum Gasteiger partial charge on any atom is -0.497 e. The molecule has 3 heterocycles. The van der Waals surface area contributed by atoms with E-state index in [-0.39, 0.29) is 53.3 Å². The predicted octanol–water partition coefficient (Wildman–Crippen LogP) is 8.23. The van der Waals surface area contributed by atoms with E-state index in [1.807, 2.05) is 70.2 Å². The largest absolute Gasteiger partial charge is 0.514 e. The van der Waals surface area contributed by atoms with E-state index in [9.17, 15) is 14.4 Å². The fourth-order valence-corrected chi connectivity index (χ4v) is 8.89. The van der Waals surface area contributed by atoms with E-state index >= 15 is 0 Å². The van der Waals surface area contributed by atoms with Crippen molar-refractivity contribution < 1.29 is 52.6 Å². The number of rotatable bonds is 10. The van der Waals surface area contributed by atoms with Crippen LogP contribution in [0.1, 0.15) is 84.4 Å². The number of fused-ring (bicyclic) bond motifs is 6. The quantitative estimate of drug-likeness (QED) is 0.0900. The Hall–Kier alpha value is -5.53. The maximum Gasteiger partial charge on any atom is 0.514 e. The second-order valence-corrected chi connectivity index (χ2v) is 14.5. The number of aliphatic hydroxyl groups is 1. The number of allylic oxidation sites excluding steroid dienone is 1. The summed E-state index contributed by atoms with van der Waals surface area (Å²) in [6, 6.07) is 14.9. The van der Waals surface area contributed by atoms with E-state index in [2.05, 4.69) is 16.0 Å². The van der Waals surface area contributed by atoms with Crippen molar-refractivity contribution in [1.82, 2.24) is 9.88 Å². The van der Waals surface area contributed by atoms with Gasteiger partial charge in [-0.15, -0.1) is 0 Å². The van der Waals surface area contributed by atoms with Gasteiger partial charge in [-0.3, -0.25) is 9.69 Å². The molecule has 59 heavy (non-hydrogen) atoms. The zero-order valence-electron chi connectivity index (χ0n) is 35.6. The zero-order chi connectivity index (χ0) is 42.8. The van der Waals surface area contributed by atoms with E-state index in [1.54, 1.807) is 7.11 Å². The van der Waals surface area contributed by atoms with Crippen LogP contribution in [0, 0.1) is 24.7 Å². The first-order valence-corrected chi connectivity index (χ1v) is 20.1. The predicted molar refractivity (Wildman–Crippen MR) is 224 cm³/mol. The van der Waals surface area contributed by atoms with E-state index in [4.69, 9.17) is 38.3 Å². The average molecular weight is 815 g/mol. The van der Waals surface area contributed by atoms with Crippen LogP contribution < -0.4 is 18.9 Å². The zero-order valence-corrected chi connectivity index (χ0v) is 35.6. The lowest BCUT2D eigenvalue weighted by molar-refractivity contribution is -0.155. The second kappa shape index (κ2) is 20.4. The third kappa shape index (κ3) is 9.52. The highest BCUT2D eigenvalue weighted by atomic mass is 16.7. The number of methoxy groups -OCH3 is 4. The molecule has 0 amide bonds. The highest BCUT2D eigenvalue weighted by Gasteiger charge is 2.49. The minimum absolute atomic E-state index is 0.0108. The normalized spacial score (nSPS) is 20.6. The van der Waals surface area contributed by atoms with Gasteiger partial charge in [0.15, 0.2) is 11.5 Å². The molecule has 13 heteroatoms. The summed E-state index contributed by atoms with van der Waals surface area (Å²) in [5.74, 6) is -0.211. The molecule has 13 nitrogen and oxygen atoms in total. The molecule has 2 aliphatic heterocycles. The average Bonchev–Trinajstić information content (AvgIpc) is 3.65. The number of benzene rings is 3. The summed E-state index contributed by atoms with van der Waals surface area (Å²) in [7, 11) is 6.87. The molecular formula is C46H58N2O11. The summed E-state index contributed by atoms with van der Waals surface area (Å²) < 4.78 is 39.0. The van der Waals surface area contributed by atoms with Crippen molar-refractivity contribution in [2.24, 2.45) is 17.8 Å². The van der Waals surface area contributed by atoms with Gasteiger partial charge in [0.25, 0.3) is 0 Å². The molecule has 5 atom stereocenters. The van der Waals surface area contributed by atoms with Crippen LogP contribution in [-0.4, -0.2) is 87.8 Å². The molecule has 0 bridgehead atoms. The number of nitrogens with zero attached hydrogens (tertiary/aromatic N) is 1. The number of carbonyl (C=O) groups is 3. The van der Waals surface area contributed by atoms with Crippen molar-refractivity contribution in [2.75, 3.05) is 48.6 Å². The summed E-state index contributed by atoms with van der Waals surface area (Å²) in [4.78, 5) is 46.1. The Morgan fingerprint density at radius 3 is 2.32 bits per heavy atom. The van der Waals surface area contributed by atoms with E-state index in [0.29, 0.717) is 12.8 Å². The molecule has 0 radical (unpaired) electrons. The van der Waals surface area contributed by atoms with Crippen LogP contribution in [0.15, 0.2) is 54.6 Å².